The fourth-order valence-corrected chi connectivity index (χ4v) is 2.05. The van der Waals surface area contributed by atoms with Crippen molar-refractivity contribution in [2.24, 2.45) is 4.90 Å². The SMILES string of the molecule is Brc1ccc(C2=NB(c3ccccc3)ON2)cc1. The first-order valence-electron chi connectivity index (χ1n) is 5.63. The molecule has 1 N–H and O–H groups in total. The Labute approximate surface area is 114 Å². The molecule has 0 unspecified atom stereocenters. The van der Waals surface area contributed by atoms with Crippen LogP contribution in [0.5, 0.6) is 0 Å². The summed E-state index contributed by atoms with van der Waals surface area (Å²) >= 11 is 3.41. The zero-order valence-corrected chi connectivity index (χ0v) is 11.1. The van der Waals surface area contributed by atoms with E-state index in [0.29, 0.717) is 0 Å². The molecule has 0 spiro atoms. The van der Waals surface area contributed by atoms with Gasteiger partial charge in [-0.25, -0.2) is 0 Å². The van der Waals surface area contributed by atoms with Crippen molar-refractivity contribution >= 4 is 34.3 Å². The summed E-state index contributed by atoms with van der Waals surface area (Å²) in [6.45, 7) is 0. The number of hydrogen-bond acceptors (Lipinski definition) is 3. The standard InChI is InChI=1S/C13H10BBrN2O/c15-12-8-6-10(7-9-12)13-16-14(18-17-13)11-4-2-1-3-5-11/h1-9H,(H,16,17). The van der Waals surface area contributed by atoms with Crippen LogP contribution in [0.1, 0.15) is 5.56 Å². The summed E-state index contributed by atoms with van der Waals surface area (Å²) in [4.78, 5) is 4.53. The zero-order chi connectivity index (χ0) is 12.4. The van der Waals surface area contributed by atoms with Gasteiger partial charge in [0.2, 0.25) is 0 Å². The molecule has 0 atom stereocenters. The number of hydrogen-bond donors (Lipinski definition) is 1. The first-order chi connectivity index (χ1) is 8.83. The Balaban J connectivity index is 1.86. The van der Waals surface area contributed by atoms with Crippen molar-refractivity contribution in [2.75, 3.05) is 0 Å². The Morgan fingerprint density at radius 2 is 1.72 bits per heavy atom. The summed E-state index contributed by atoms with van der Waals surface area (Å²) in [7, 11) is -0.273. The van der Waals surface area contributed by atoms with Crippen LogP contribution in [0.4, 0.5) is 0 Å². The Kier molecular flexibility index (Phi) is 3.17. The van der Waals surface area contributed by atoms with E-state index in [1.54, 1.807) is 0 Å². The van der Waals surface area contributed by atoms with Crippen molar-refractivity contribution in [1.29, 1.82) is 0 Å². The third-order valence-electron chi connectivity index (χ3n) is 2.72. The minimum absolute atomic E-state index is 0.273. The second kappa shape index (κ2) is 4.96. The van der Waals surface area contributed by atoms with Crippen molar-refractivity contribution < 1.29 is 4.76 Å². The molecular formula is C13H10BBrN2O. The molecule has 1 aliphatic heterocycles. The van der Waals surface area contributed by atoms with Gasteiger partial charge >= 0.3 is 7.05 Å². The number of rotatable bonds is 2. The Hall–Kier alpha value is -1.59. The molecular weight excluding hydrogens is 291 g/mol. The van der Waals surface area contributed by atoms with Gasteiger partial charge in [0.05, 0.1) is 0 Å². The van der Waals surface area contributed by atoms with Crippen LogP contribution in [0.25, 0.3) is 0 Å². The summed E-state index contributed by atoms with van der Waals surface area (Å²) in [5.41, 5.74) is 4.93. The molecule has 0 amide bonds. The topological polar surface area (TPSA) is 33.6 Å². The molecule has 0 aromatic heterocycles. The number of nitrogens with zero attached hydrogens (tertiary/aromatic N) is 1. The van der Waals surface area contributed by atoms with Crippen molar-refractivity contribution in [2.45, 2.75) is 0 Å². The molecule has 0 saturated carbocycles. The van der Waals surface area contributed by atoms with Crippen LogP contribution < -0.4 is 10.9 Å². The van der Waals surface area contributed by atoms with Crippen molar-refractivity contribution in [3.05, 3.63) is 64.6 Å². The Morgan fingerprint density at radius 3 is 2.44 bits per heavy atom. The van der Waals surface area contributed by atoms with Gasteiger partial charge in [-0.2, -0.15) is 0 Å². The van der Waals surface area contributed by atoms with Crippen LogP contribution in [0.15, 0.2) is 64.0 Å². The van der Waals surface area contributed by atoms with E-state index in [2.05, 4.69) is 26.3 Å². The predicted molar refractivity (Wildman–Crippen MR) is 76.7 cm³/mol. The van der Waals surface area contributed by atoms with Crippen molar-refractivity contribution in [1.82, 2.24) is 5.48 Å². The van der Waals surface area contributed by atoms with Crippen molar-refractivity contribution in [3.8, 4) is 0 Å². The third kappa shape index (κ3) is 2.32. The van der Waals surface area contributed by atoms with E-state index < -0.39 is 0 Å². The van der Waals surface area contributed by atoms with Crippen molar-refractivity contribution in [3.63, 3.8) is 0 Å². The molecule has 0 radical (unpaired) electrons. The zero-order valence-electron chi connectivity index (χ0n) is 9.51. The number of halogens is 1. The molecule has 18 heavy (non-hydrogen) atoms. The maximum absolute atomic E-state index is 5.47. The van der Waals surface area contributed by atoms with Crippen LogP contribution in [-0.4, -0.2) is 12.9 Å². The smallest absolute Gasteiger partial charge is 0.300 e. The molecule has 5 heteroatoms. The minimum Gasteiger partial charge on any atom is -0.300 e. The lowest BCUT2D eigenvalue weighted by atomic mass is 9.75. The van der Waals surface area contributed by atoms with Gasteiger partial charge < -0.3 is 0 Å². The molecule has 0 aliphatic carbocycles. The molecule has 3 rings (SSSR count). The minimum atomic E-state index is -0.273. The maximum atomic E-state index is 5.47. The fourth-order valence-electron chi connectivity index (χ4n) is 1.78. The second-order valence-electron chi connectivity index (χ2n) is 3.97. The van der Waals surface area contributed by atoms with Crippen LogP contribution in [0.2, 0.25) is 0 Å². The van der Waals surface area contributed by atoms with Gasteiger partial charge in [0.1, 0.15) is 5.84 Å². The largest absolute Gasteiger partial charge is 0.496 e. The van der Waals surface area contributed by atoms with E-state index in [-0.39, 0.29) is 7.05 Å². The maximum Gasteiger partial charge on any atom is 0.496 e. The van der Waals surface area contributed by atoms with Gasteiger partial charge in [-0.15, -0.1) is 0 Å². The summed E-state index contributed by atoms with van der Waals surface area (Å²) < 4.78 is 6.52. The van der Waals surface area contributed by atoms with Crippen LogP contribution >= 0.6 is 15.9 Å². The fraction of sp³-hybridized carbons (Fsp3) is 0. The summed E-state index contributed by atoms with van der Waals surface area (Å²) in [5, 5.41) is 0. The highest BCUT2D eigenvalue weighted by Gasteiger charge is 2.26. The van der Waals surface area contributed by atoms with Gasteiger partial charge in [-0.3, -0.25) is 15.1 Å². The van der Waals surface area contributed by atoms with Gasteiger partial charge in [-0.05, 0) is 17.6 Å². The van der Waals surface area contributed by atoms with E-state index in [0.717, 1.165) is 21.3 Å². The Bertz CT molecular complexity index is 571. The quantitative estimate of drug-likeness (QED) is 0.862. The van der Waals surface area contributed by atoms with Gasteiger partial charge in [0.15, 0.2) is 0 Å². The van der Waals surface area contributed by atoms with E-state index in [1.807, 2.05) is 54.6 Å². The molecule has 0 saturated heterocycles. The van der Waals surface area contributed by atoms with Crippen LogP contribution in [-0.2, 0) is 4.76 Å². The monoisotopic (exact) mass is 300 g/mol. The molecule has 1 heterocycles. The second-order valence-corrected chi connectivity index (χ2v) is 4.88. The molecule has 0 bridgehead atoms. The molecule has 2 aromatic carbocycles. The van der Waals surface area contributed by atoms with E-state index in [1.165, 1.54) is 0 Å². The lowest BCUT2D eigenvalue weighted by molar-refractivity contribution is 0.284. The number of hydroxylamine groups is 1. The molecule has 0 fully saturated rings. The highest BCUT2D eigenvalue weighted by molar-refractivity contribution is 9.10. The summed E-state index contributed by atoms with van der Waals surface area (Å²) in [6, 6.07) is 17.9. The van der Waals surface area contributed by atoms with Crippen LogP contribution in [0.3, 0.4) is 0 Å². The number of nitrogens with one attached hydrogen (secondary N) is 1. The number of benzene rings is 2. The lowest BCUT2D eigenvalue weighted by Gasteiger charge is -2.02. The van der Waals surface area contributed by atoms with E-state index in [9.17, 15) is 0 Å². The average molecular weight is 301 g/mol. The summed E-state index contributed by atoms with van der Waals surface area (Å²) in [6.07, 6.45) is 0. The average Bonchev–Trinajstić information content (AvgIpc) is 2.90. The van der Waals surface area contributed by atoms with Crippen LogP contribution in [0, 0.1) is 0 Å². The van der Waals surface area contributed by atoms with Gasteiger partial charge in [0.25, 0.3) is 0 Å². The van der Waals surface area contributed by atoms with Gasteiger partial charge in [0, 0.05) is 10.0 Å². The highest BCUT2D eigenvalue weighted by Crippen LogP contribution is 2.12. The first-order valence-corrected chi connectivity index (χ1v) is 6.42. The molecule has 88 valence electrons. The third-order valence-corrected chi connectivity index (χ3v) is 3.24. The molecule has 3 nitrogen and oxygen atoms in total. The van der Waals surface area contributed by atoms with E-state index in [4.69, 9.17) is 4.76 Å². The Morgan fingerprint density at radius 1 is 1.00 bits per heavy atom. The normalized spacial score (nSPS) is 14.3. The molecule has 1 aliphatic rings. The van der Waals surface area contributed by atoms with E-state index >= 15 is 0 Å². The summed E-state index contributed by atoms with van der Waals surface area (Å²) in [5.74, 6) is 0.761. The highest BCUT2D eigenvalue weighted by atomic mass is 79.9. The molecule has 2 aromatic rings. The predicted octanol–water partition coefficient (Wildman–Crippen LogP) is 2.13. The lowest BCUT2D eigenvalue weighted by Crippen LogP contribution is -2.31. The van der Waals surface area contributed by atoms with Gasteiger partial charge in [-0.1, -0.05) is 58.4 Å². The first kappa shape index (κ1) is 11.5. The number of amidine groups is 1.